The largest absolute Gasteiger partial charge is 0.481 e. The number of halogens is 1. The Morgan fingerprint density at radius 3 is 2.67 bits per heavy atom. The van der Waals surface area contributed by atoms with Crippen molar-refractivity contribution < 1.29 is 14.7 Å². The molecule has 2 rings (SSSR count). The lowest BCUT2D eigenvalue weighted by molar-refractivity contribution is -0.145. The van der Waals surface area contributed by atoms with Crippen LogP contribution in [-0.2, 0) is 9.59 Å². The minimum absolute atomic E-state index is 0.197. The van der Waals surface area contributed by atoms with Gasteiger partial charge < -0.3 is 10.4 Å². The lowest BCUT2D eigenvalue weighted by Gasteiger charge is -2.16. The molecule has 21 heavy (non-hydrogen) atoms. The summed E-state index contributed by atoms with van der Waals surface area (Å²) >= 11 is 5.99. The predicted molar refractivity (Wildman–Crippen MR) is 77.8 cm³/mol. The predicted octanol–water partition coefficient (Wildman–Crippen LogP) is 2.90. The highest BCUT2D eigenvalue weighted by molar-refractivity contribution is 6.33. The number of hydrogen-bond donors (Lipinski definition) is 2. The van der Waals surface area contributed by atoms with Crippen molar-refractivity contribution in [3.63, 3.8) is 0 Å². The molecule has 1 aliphatic carbocycles. The molecule has 0 aliphatic heterocycles. The summed E-state index contributed by atoms with van der Waals surface area (Å²) in [7, 11) is 0. The Labute approximate surface area is 127 Å². The SMILES string of the molecule is CC1CC(C(=O)O)C(C(=O)Nc2cc(C#N)ccc2Cl)C1. The van der Waals surface area contributed by atoms with Crippen molar-refractivity contribution in [1.29, 1.82) is 5.26 Å². The summed E-state index contributed by atoms with van der Waals surface area (Å²) in [5, 5.41) is 21.0. The second-order valence-electron chi connectivity index (χ2n) is 5.42. The molecule has 0 bridgehead atoms. The van der Waals surface area contributed by atoms with Crippen LogP contribution in [0.15, 0.2) is 18.2 Å². The molecule has 1 aliphatic rings. The highest BCUT2D eigenvalue weighted by atomic mass is 35.5. The highest BCUT2D eigenvalue weighted by Gasteiger charge is 2.41. The van der Waals surface area contributed by atoms with Gasteiger partial charge in [-0.25, -0.2) is 0 Å². The van der Waals surface area contributed by atoms with E-state index in [1.165, 1.54) is 12.1 Å². The van der Waals surface area contributed by atoms with Crippen molar-refractivity contribution >= 4 is 29.2 Å². The van der Waals surface area contributed by atoms with E-state index in [0.29, 0.717) is 29.1 Å². The number of nitrogens with zero attached hydrogens (tertiary/aromatic N) is 1. The van der Waals surface area contributed by atoms with E-state index in [0.717, 1.165) is 0 Å². The number of benzene rings is 1. The summed E-state index contributed by atoms with van der Waals surface area (Å²) in [6.07, 6.45) is 1.04. The summed E-state index contributed by atoms with van der Waals surface area (Å²) in [6.45, 7) is 1.94. The smallest absolute Gasteiger partial charge is 0.307 e. The lowest BCUT2D eigenvalue weighted by Crippen LogP contribution is -2.30. The molecule has 6 heteroatoms. The maximum atomic E-state index is 12.3. The minimum Gasteiger partial charge on any atom is -0.481 e. The Morgan fingerprint density at radius 1 is 1.38 bits per heavy atom. The molecule has 3 atom stereocenters. The molecule has 0 heterocycles. The van der Waals surface area contributed by atoms with Gasteiger partial charge in [0.15, 0.2) is 0 Å². The first-order valence-corrected chi connectivity index (χ1v) is 7.03. The van der Waals surface area contributed by atoms with Crippen molar-refractivity contribution in [1.82, 2.24) is 0 Å². The van der Waals surface area contributed by atoms with Crippen molar-refractivity contribution in [2.45, 2.75) is 19.8 Å². The maximum absolute atomic E-state index is 12.3. The second kappa shape index (κ2) is 6.15. The number of aliphatic carboxylic acids is 1. The van der Waals surface area contributed by atoms with E-state index in [1.807, 2.05) is 13.0 Å². The number of carboxylic acid groups (broad SMARTS) is 1. The number of amides is 1. The Kier molecular flexibility index (Phi) is 4.49. The van der Waals surface area contributed by atoms with Gasteiger partial charge in [0.2, 0.25) is 5.91 Å². The van der Waals surface area contributed by atoms with Crippen LogP contribution in [0.5, 0.6) is 0 Å². The molecule has 0 spiro atoms. The zero-order valence-electron chi connectivity index (χ0n) is 11.5. The van der Waals surface area contributed by atoms with E-state index in [4.69, 9.17) is 16.9 Å². The summed E-state index contributed by atoms with van der Waals surface area (Å²) in [4.78, 5) is 23.5. The van der Waals surface area contributed by atoms with Gasteiger partial charge in [0.05, 0.1) is 34.2 Å². The van der Waals surface area contributed by atoms with E-state index in [-0.39, 0.29) is 11.8 Å². The van der Waals surface area contributed by atoms with Gasteiger partial charge in [-0.05, 0) is 37.0 Å². The Hall–Kier alpha value is -2.06. The standard InChI is InChI=1S/C15H15ClN2O3/c1-8-4-10(11(5-8)15(20)21)14(19)18-13-6-9(7-17)2-3-12(13)16/h2-3,6,8,10-11H,4-5H2,1H3,(H,18,19)(H,20,21). The van der Waals surface area contributed by atoms with E-state index >= 15 is 0 Å². The van der Waals surface area contributed by atoms with Crippen LogP contribution in [0.4, 0.5) is 5.69 Å². The molecule has 0 aromatic heterocycles. The second-order valence-corrected chi connectivity index (χ2v) is 5.83. The normalized spacial score (nSPS) is 24.3. The van der Waals surface area contributed by atoms with Crippen LogP contribution in [0.3, 0.4) is 0 Å². The van der Waals surface area contributed by atoms with Crippen molar-refractivity contribution in [3.8, 4) is 6.07 Å². The molecule has 1 aromatic carbocycles. The number of nitriles is 1. The third kappa shape index (κ3) is 3.34. The van der Waals surface area contributed by atoms with Crippen LogP contribution in [0.1, 0.15) is 25.3 Å². The number of hydrogen-bond acceptors (Lipinski definition) is 3. The Morgan fingerprint density at radius 2 is 2.05 bits per heavy atom. The Bertz CT molecular complexity index is 624. The van der Waals surface area contributed by atoms with Crippen LogP contribution < -0.4 is 5.32 Å². The van der Waals surface area contributed by atoms with E-state index in [2.05, 4.69) is 5.32 Å². The molecule has 110 valence electrons. The van der Waals surface area contributed by atoms with Crippen LogP contribution in [0.25, 0.3) is 0 Å². The fourth-order valence-electron chi connectivity index (χ4n) is 2.77. The molecule has 5 nitrogen and oxygen atoms in total. The van der Waals surface area contributed by atoms with Gasteiger partial charge in [0.25, 0.3) is 0 Å². The van der Waals surface area contributed by atoms with Crippen molar-refractivity contribution in [2.24, 2.45) is 17.8 Å². The zero-order valence-corrected chi connectivity index (χ0v) is 12.2. The highest BCUT2D eigenvalue weighted by Crippen LogP contribution is 2.37. The first kappa shape index (κ1) is 15.3. The number of carbonyl (C=O) groups is 2. The van der Waals surface area contributed by atoms with Crippen molar-refractivity contribution in [2.75, 3.05) is 5.32 Å². The van der Waals surface area contributed by atoms with E-state index < -0.39 is 17.8 Å². The van der Waals surface area contributed by atoms with Gasteiger partial charge in [-0.3, -0.25) is 9.59 Å². The zero-order chi connectivity index (χ0) is 15.6. The summed E-state index contributed by atoms with van der Waals surface area (Å²) in [5.41, 5.74) is 0.716. The number of nitrogens with one attached hydrogen (secondary N) is 1. The number of carboxylic acids is 1. The van der Waals surface area contributed by atoms with Crippen molar-refractivity contribution in [3.05, 3.63) is 28.8 Å². The first-order valence-electron chi connectivity index (χ1n) is 6.65. The quantitative estimate of drug-likeness (QED) is 0.898. The lowest BCUT2D eigenvalue weighted by atomic mass is 9.95. The molecule has 1 amide bonds. The molecule has 0 radical (unpaired) electrons. The molecule has 1 saturated carbocycles. The van der Waals surface area contributed by atoms with Gasteiger partial charge in [-0.15, -0.1) is 0 Å². The number of rotatable bonds is 3. The first-order chi connectivity index (χ1) is 9.92. The minimum atomic E-state index is -0.948. The number of anilines is 1. The van der Waals surface area contributed by atoms with E-state index in [1.54, 1.807) is 6.07 Å². The molecule has 1 aromatic rings. The molecule has 2 N–H and O–H groups in total. The van der Waals surface area contributed by atoms with Gasteiger partial charge in [0.1, 0.15) is 0 Å². The van der Waals surface area contributed by atoms with E-state index in [9.17, 15) is 14.7 Å². The molecular weight excluding hydrogens is 292 g/mol. The monoisotopic (exact) mass is 306 g/mol. The third-order valence-corrected chi connectivity index (χ3v) is 4.14. The summed E-state index contributed by atoms with van der Waals surface area (Å²) < 4.78 is 0. The van der Waals surface area contributed by atoms with Crippen LogP contribution >= 0.6 is 11.6 Å². The maximum Gasteiger partial charge on any atom is 0.307 e. The van der Waals surface area contributed by atoms with Crippen LogP contribution in [0, 0.1) is 29.1 Å². The third-order valence-electron chi connectivity index (χ3n) is 3.81. The molecule has 3 unspecified atom stereocenters. The summed E-state index contributed by atoms with van der Waals surface area (Å²) in [5.74, 6) is -2.35. The fourth-order valence-corrected chi connectivity index (χ4v) is 2.94. The van der Waals surface area contributed by atoms with Gasteiger partial charge in [-0.2, -0.15) is 5.26 Å². The average molecular weight is 307 g/mol. The molecule has 0 saturated heterocycles. The van der Waals surface area contributed by atoms with Gasteiger partial charge in [0, 0.05) is 0 Å². The van der Waals surface area contributed by atoms with Gasteiger partial charge in [-0.1, -0.05) is 18.5 Å². The topological polar surface area (TPSA) is 90.2 Å². The van der Waals surface area contributed by atoms with Crippen LogP contribution in [0.2, 0.25) is 5.02 Å². The Balaban J connectivity index is 2.18. The molecular formula is C15H15ClN2O3. The summed E-state index contributed by atoms with van der Waals surface area (Å²) in [6, 6.07) is 6.53. The van der Waals surface area contributed by atoms with Gasteiger partial charge >= 0.3 is 5.97 Å². The average Bonchev–Trinajstić information content (AvgIpc) is 2.83. The van der Waals surface area contributed by atoms with Crippen LogP contribution in [-0.4, -0.2) is 17.0 Å². The molecule has 1 fully saturated rings. The number of carbonyl (C=O) groups excluding carboxylic acids is 1. The fraction of sp³-hybridized carbons (Fsp3) is 0.400.